The van der Waals surface area contributed by atoms with E-state index in [1.54, 1.807) is 19.9 Å². The second-order valence-corrected chi connectivity index (χ2v) is 6.41. The van der Waals surface area contributed by atoms with Crippen molar-refractivity contribution in [3.8, 4) is 0 Å². The van der Waals surface area contributed by atoms with Crippen LogP contribution in [-0.4, -0.2) is 28.1 Å². The molecule has 0 bridgehead atoms. The minimum absolute atomic E-state index is 0.0890. The van der Waals surface area contributed by atoms with Crippen LogP contribution in [0, 0.1) is 19.8 Å². The van der Waals surface area contributed by atoms with Crippen LogP contribution in [0.2, 0.25) is 0 Å². The summed E-state index contributed by atoms with van der Waals surface area (Å²) < 4.78 is 0. The lowest BCUT2D eigenvalue weighted by molar-refractivity contribution is 0.0715. The maximum absolute atomic E-state index is 12.5. The molecule has 1 aromatic rings. The first-order valence-corrected chi connectivity index (χ1v) is 7.51. The molecule has 3 N–H and O–H groups in total. The van der Waals surface area contributed by atoms with Gasteiger partial charge in [-0.1, -0.05) is 6.92 Å². The van der Waals surface area contributed by atoms with Gasteiger partial charge in [0, 0.05) is 5.69 Å². The zero-order chi connectivity index (χ0) is 15.6. The topological polar surface area (TPSA) is 82.2 Å². The van der Waals surface area contributed by atoms with E-state index >= 15 is 0 Å². The fraction of sp³-hybridized carbons (Fsp3) is 0.625. The maximum Gasteiger partial charge on any atom is 0.261 e. The molecule has 1 aliphatic rings. The van der Waals surface area contributed by atoms with Crippen molar-refractivity contribution >= 4 is 5.91 Å². The first kappa shape index (κ1) is 15.8. The molecule has 5 nitrogen and oxygen atoms in total. The monoisotopic (exact) mass is 292 g/mol. The van der Waals surface area contributed by atoms with Gasteiger partial charge >= 0.3 is 0 Å². The first-order chi connectivity index (χ1) is 9.87. The molecular weight excluding hydrogens is 268 g/mol. The summed E-state index contributed by atoms with van der Waals surface area (Å²) in [4.78, 5) is 27.1. The van der Waals surface area contributed by atoms with E-state index in [2.05, 4.69) is 17.2 Å². The molecule has 1 aromatic heterocycles. The van der Waals surface area contributed by atoms with Gasteiger partial charge in [-0.05, 0) is 57.1 Å². The van der Waals surface area contributed by atoms with Gasteiger partial charge in [0.15, 0.2) is 0 Å². The SMILES string of the molecule is Cc1cc(C)c(C(=O)NC2(CO)CCC(C)CC2)c(=O)[nH]1. The summed E-state index contributed by atoms with van der Waals surface area (Å²) in [6, 6.07) is 1.78. The van der Waals surface area contributed by atoms with E-state index in [0.717, 1.165) is 31.4 Å². The number of aliphatic hydroxyl groups excluding tert-OH is 1. The third-order valence-electron chi connectivity index (χ3n) is 4.50. The Kier molecular flexibility index (Phi) is 4.52. The summed E-state index contributed by atoms with van der Waals surface area (Å²) in [5, 5.41) is 12.6. The van der Waals surface area contributed by atoms with Crippen LogP contribution in [0.25, 0.3) is 0 Å². The lowest BCUT2D eigenvalue weighted by Crippen LogP contribution is -2.54. The summed E-state index contributed by atoms with van der Waals surface area (Å²) in [6.45, 7) is 5.63. The summed E-state index contributed by atoms with van der Waals surface area (Å²) in [5.74, 6) is 0.225. The van der Waals surface area contributed by atoms with Gasteiger partial charge < -0.3 is 15.4 Å². The van der Waals surface area contributed by atoms with Gasteiger partial charge in [0.05, 0.1) is 12.1 Å². The molecule has 0 aliphatic heterocycles. The normalized spacial score (nSPS) is 25.6. The highest BCUT2D eigenvalue weighted by molar-refractivity contribution is 5.95. The Morgan fingerprint density at radius 1 is 1.43 bits per heavy atom. The molecule has 0 saturated heterocycles. The van der Waals surface area contributed by atoms with Crippen LogP contribution in [0.15, 0.2) is 10.9 Å². The minimum Gasteiger partial charge on any atom is -0.394 e. The predicted molar refractivity (Wildman–Crippen MR) is 81.5 cm³/mol. The smallest absolute Gasteiger partial charge is 0.261 e. The fourth-order valence-corrected chi connectivity index (χ4v) is 3.08. The number of nitrogens with one attached hydrogen (secondary N) is 2. The summed E-state index contributed by atoms with van der Waals surface area (Å²) >= 11 is 0. The van der Waals surface area contributed by atoms with E-state index < -0.39 is 11.4 Å². The largest absolute Gasteiger partial charge is 0.394 e. The highest BCUT2D eigenvalue weighted by atomic mass is 16.3. The van der Waals surface area contributed by atoms with Crippen molar-refractivity contribution in [2.45, 2.75) is 52.0 Å². The number of aromatic nitrogens is 1. The van der Waals surface area contributed by atoms with Gasteiger partial charge in [-0.25, -0.2) is 0 Å². The zero-order valence-corrected chi connectivity index (χ0v) is 13.0. The Labute approximate surface area is 124 Å². The number of aromatic amines is 1. The van der Waals surface area contributed by atoms with E-state index in [9.17, 15) is 14.7 Å². The van der Waals surface area contributed by atoms with Crippen molar-refractivity contribution in [2.24, 2.45) is 5.92 Å². The molecule has 116 valence electrons. The van der Waals surface area contributed by atoms with Crippen LogP contribution in [-0.2, 0) is 0 Å². The molecule has 1 aliphatic carbocycles. The van der Waals surface area contributed by atoms with Crippen LogP contribution >= 0.6 is 0 Å². The van der Waals surface area contributed by atoms with Gasteiger partial charge in [-0.15, -0.1) is 0 Å². The van der Waals surface area contributed by atoms with E-state index in [0.29, 0.717) is 11.5 Å². The molecule has 1 saturated carbocycles. The summed E-state index contributed by atoms with van der Waals surface area (Å²) in [5.41, 5.74) is 0.575. The number of carbonyl (C=O) groups is 1. The van der Waals surface area contributed by atoms with E-state index in [1.165, 1.54) is 0 Å². The summed E-state index contributed by atoms with van der Waals surface area (Å²) in [6.07, 6.45) is 3.45. The van der Waals surface area contributed by atoms with Crippen molar-refractivity contribution in [2.75, 3.05) is 6.61 Å². The molecule has 0 aromatic carbocycles. The molecule has 0 unspecified atom stereocenters. The predicted octanol–water partition coefficient (Wildman–Crippen LogP) is 1.66. The Hall–Kier alpha value is -1.62. The third kappa shape index (κ3) is 3.35. The number of carbonyl (C=O) groups excluding carboxylic acids is 1. The van der Waals surface area contributed by atoms with Crippen molar-refractivity contribution in [3.63, 3.8) is 0 Å². The molecule has 1 amide bonds. The van der Waals surface area contributed by atoms with Gasteiger partial charge in [-0.2, -0.15) is 0 Å². The van der Waals surface area contributed by atoms with E-state index in [4.69, 9.17) is 0 Å². The molecule has 0 radical (unpaired) electrons. The molecule has 2 rings (SSSR count). The number of rotatable bonds is 3. The van der Waals surface area contributed by atoms with Crippen molar-refractivity contribution in [1.82, 2.24) is 10.3 Å². The Morgan fingerprint density at radius 2 is 2.05 bits per heavy atom. The van der Waals surface area contributed by atoms with Gasteiger partial charge in [-0.3, -0.25) is 9.59 Å². The fourth-order valence-electron chi connectivity index (χ4n) is 3.08. The molecule has 0 atom stereocenters. The number of hydrogen-bond acceptors (Lipinski definition) is 3. The molecule has 5 heteroatoms. The van der Waals surface area contributed by atoms with Gasteiger partial charge in [0.1, 0.15) is 5.56 Å². The van der Waals surface area contributed by atoms with E-state index in [-0.39, 0.29) is 17.7 Å². The highest BCUT2D eigenvalue weighted by Crippen LogP contribution is 2.31. The zero-order valence-electron chi connectivity index (χ0n) is 13.0. The minimum atomic E-state index is -0.590. The second kappa shape index (κ2) is 6.02. The average molecular weight is 292 g/mol. The number of aryl methyl sites for hydroxylation is 2. The lowest BCUT2D eigenvalue weighted by Gasteiger charge is -2.38. The van der Waals surface area contributed by atoms with Crippen LogP contribution in [0.3, 0.4) is 0 Å². The number of hydrogen-bond donors (Lipinski definition) is 3. The molecule has 21 heavy (non-hydrogen) atoms. The van der Waals surface area contributed by atoms with Crippen LogP contribution in [0.4, 0.5) is 0 Å². The lowest BCUT2D eigenvalue weighted by atomic mass is 9.77. The van der Waals surface area contributed by atoms with Crippen LogP contribution in [0.5, 0.6) is 0 Å². The van der Waals surface area contributed by atoms with Gasteiger partial charge in [0.2, 0.25) is 0 Å². The van der Waals surface area contributed by atoms with Crippen LogP contribution in [0.1, 0.15) is 54.2 Å². The summed E-state index contributed by atoms with van der Waals surface area (Å²) in [7, 11) is 0. The number of aliphatic hydroxyl groups is 1. The first-order valence-electron chi connectivity index (χ1n) is 7.51. The second-order valence-electron chi connectivity index (χ2n) is 6.41. The Bertz CT molecular complexity index is 584. The van der Waals surface area contributed by atoms with Crippen molar-refractivity contribution in [1.29, 1.82) is 0 Å². The quantitative estimate of drug-likeness (QED) is 0.792. The van der Waals surface area contributed by atoms with Crippen LogP contribution < -0.4 is 10.9 Å². The molecular formula is C16H24N2O3. The Morgan fingerprint density at radius 3 is 2.57 bits per heavy atom. The molecule has 1 fully saturated rings. The highest BCUT2D eigenvalue weighted by Gasteiger charge is 2.35. The maximum atomic E-state index is 12.5. The number of H-pyrrole nitrogens is 1. The van der Waals surface area contributed by atoms with E-state index in [1.807, 2.05) is 0 Å². The number of amides is 1. The standard InChI is InChI=1S/C16H24N2O3/c1-10-4-6-16(9-19,7-5-10)18-15(21)13-11(2)8-12(3)17-14(13)20/h8,10,19H,4-7,9H2,1-3H3,(H,17,20)(H,18,21). The van der Waals surface area contributed by atoms with Gasteiger partial charge in [0.25, 0.3) is 11.5 Å². The average Bonchev–Trinajstić information content (AvgIpc) is 2.40. The Balaban J connectivity index is 2.23. The third-order valence-corrected chi connectivity index (χ3v) is 4.50. The number of pyridine rings is 1. The molecule has 1 heterocycles. The van der Waals surface area contributed by atoms with Crippen molar-refractivity contribution in [3.05, 3.63) is 33.2 Å². The molecule has 0 spiro atoms. The van der Waals surface area contributed by atoms with Crippen molar-refractivity contribution < 1.29 is 9.90 Å².